The molecule has 33 heavy (non-hydrogen) atoms. The average Bonchev–Trinajstić information content (AvgIpc) is 3.32. The van der Waals surface area contributed by atoms with Crippen molar-refractivity contribution in [2.75, 3.05) is 27.1 Å². The second kappa shape index (κ2) is 10.1. The van der Waals surface area contributed by atoms with Crippen LogP contribution in [0.3, 0.4) is 0 Å². The van der Waals surface area contributed by atoms with Crippen LogP contribution < -0.4 is 14.2 Å². The Labute approximate surface area is 192 Å². The number of likely N-dealkylation sites (N-methyl/N-ethyl adjacent to an activating group) is 1. The van der Waals surface area contributed by atoms with Crippen molar-refractivity contribution in [3.05, 3.63) is 71.8 Å². The van der Waals surface area contributed by atoms with E-state index in [1.54, 1.807) is 18.1 Å². The molecule has 0 radical (unpaired) electrons. The van der Waals surface area contributed by atoms with E-state index in [2.05, 4.69) is 0 Å². The van der Waals surface area contributed by atoms with Crippen molar-refractivity contribution in [1.82, 2.24) is 4.90 Å². The summed E-state index contributed by atoms with van der Waals surface area (Å²) in [5.41, 5.74) is 1.77. The van der Waals surface area contributed by atoms with Crippen LogP contribution in [0.15, 0.2) is 60.7 Å². The summed E-state index contributed by atoms with van der Waals surface area (Å²) in [5, 5.41) is 2.07. The number of carbonyl (C=O) groups excluding carboxylic acids is 2. The Morgan fingerprint density at radius 2 is 1.79 bits per heavy atom. The number of benzene rings is 3. The highest BCUT2D eigenvalue weighted by molar-refractivity contribution is 5.91. The molecule has 0 bridgehead atoms. The maximum absolute atomic E-state index is 12.5. The van der Waals surface area contributed by atoms with Crippen molar-refractivity contribution in [2.24, 2.45) is 0 Å². The van der Waals surface area contributed by atoms with Crippen LogP contribution in [0.5, 0.6) is 17.2 Å². The molecule has 1 amide bonds. The van der Waals surface area contributed by atoms with Crippen LogP contribution in [0, 0.1) is 0 Å². The van der Waals surface area contributed by atoms with Crippen LogP contribution >= 0.6 is 0 Å². The fourth-order valence-corrected chi connectivity index (χ4v) is 3.55. The van der Waals surface area contributed by atoms with Gasteiger partial charge in [-0.2, -0.15) is 0 Å². The van der Waals surface area contributed by atoms with Crippen molar-refractivity contribution in [1.29, 1.82) is 0 Å². The summed E-state index contributed by atoms with van der Waals surface area (Å²) in [4.78, 5) is 26.3. The molecule has 3 aromatic carbocycles. The molecule has 0 atom stereocenters. The lowest BCUT2D eigenvalue weighted by atomic mass is 10.1. The molecule has 4 rings (SSSR count). The van der Waals surface area contributed by atoms with E-state index in [1.807, 2.05) is 61.5 Å². The largest absolute Gasteiger partial charge is 0.497 e. The Kier molecular flexibility index (Phi) is 6.78. The van der Waals surface area contributed by atoms with E-state index in [1.165, 1.54) is 6.08 Å². The van der Waals surface area contributed by atoms with Crippen LogP contribution in [0.25, 0.3) is 16.8 Å². The van der Waals surface area contributed by atoms with Gasteiger partial charge < -0.3 is 23.8 Å². The summed E-state index contributed by atoms with van der Waals surface area (Å²) in [6.45, 7) is 2.64. The lowest BCUT2D eigenvalue weighted by molar-refractivity contribution is -0.148. The molecular weight excluding hydrogens is 422 g/mol. The molecule has 0 saturated heterocycles. The fraction of sp³-hybridized carbons (Fsp3) is 0.231. The number of ether oxygens (including phenoxy) is 4. The van der Waals surface area contributed by atoms with Gasteiger partial charge in [0, 0.05) is 19.2 Å². The molecule has 1 aliphatic rings. The topological polar surface area (TPSA) is 74.3 Å². The van der Waals surface area contributed by atoms with E-state index in [4.69, 9.17) is 18.9 Å². The molecule has 1 heterocycles. The van der Waals surface area contributed by atoms with Gasteiger partial charge in [0.2, 0.25) is 6.79 Å². The molecule has 3 aromatic rings. The van der Waals surface area contributed by atoms with Gasteiger partial charge in [-0.25, -0.2) is 4.79 Å². The lowest BCUT2D eigenvalue weighted by Gasteiger charge is -2.20. The molecule has 1 aliphatic heterocycles. The second-order valence-electron chi connectivity index (χ2n) is 7.51. The Morgan fingerprint density at radius 1 is 1.00 bits per heavy atom. The van der Waals surface area contributed by atoms with E-state index in [-0.39, 0.29) is 19.3 Å². The average molecular weight is 447 g/mol. The van der Waals surface area contributed by atoms with Gasteiger partial charge >= 0.3 is 5.97 Å². The number of rotatable bonds is 8. The molecule has 0 unspecified atom stereocenters. The predicted molar refractivity (Wildman–Crippen MR) is 124 cm³/mol. The predicted octanol–water partition coefficient (Wildman–Crippen LogP) is 4.18. The first-order chi connectivity index (χ1) is 16.1. The zero-order valence-corrected chi connectivity index (χ0v) is 18.6. The van der Waals surface area contributed by atoms with Gasteiger partial charge in [-0.1, -0.05) is 24.3 Å². The standard InChI is InChI=1S/C26H25NO6/c1-3-27(15-19-5-10-23-24(13-19)33-17-32-23)25(28)16-31-26(29)11-6-18-4-7-21-14-22(30-2)9-8-20(21)12-18/h4-14H,3,15-17H2,1-2H3/b11-6+. The summed E-state index contributed by atoms with van der Waals surface area (Å²) in [5.74, 6) is 1.31. The van der Waals surface area contributed by atoms with Crippen molar-refractivity contribution < 1.29 is 28.5 Å². The number of methoxy groups -OCH3 is 1. The van der Waals surface area contributed by atoms with Crippen molar-refractivity contribution >= 4 is 28.7 Å². The second-order valence-corrected chi connectivity index (χ2v) is 7.51. The maximum atomic E-state index is 12.5. The SMILES string of the molecule is CCN(Cc1ccc2c(c1)OCO2)C(=O)COC(=O)/C=C/c1ccc2cc(OC)ccc2c1. The van der Waals surface area contributed by atoms with E-state index < -0.39 is 5.97 Å². The number of fused-ring (bicyclic) bond motifs is 2. The maximum Gasteiger partial charge on any atom is 0.331 e. The summed E-state index contributed by atoms with van der Waals surface area (Å²) >= 11 is 0. The Balaban J connectivity index is 1.31. The van der Waals surface area contributed by atoms with Gasteiger partial charge in [0.25, 0.3) is 5.91 Å². The van der Waals surface area contributed by atoms with Crippen molar-refractivity contribution in [2.45, 2.75) is 13.5 Å². The summed E-state index contributed by atoms with van der Waals surface area (Å²) in [6, 6.07) is 17.2. The number of hydrogen-bond donors (Lipinski definition) is 0. The van der Waals surface area contributed by atoms with Crippen molar-refractivity contribution in [3.8, 4) is 17.2 Å². The molecule has 0 saturated carbocycles. The summed E-state index contributed by atoms with van der Waals surface area (Å²) in [7, 11) is 1.63. The molecule has 0 N–H and O–H groups in total. The number of carbonyl (C=O) groups is 2. The van der Waals surface area contributed by atoms with Crippen LogP contribution in [-0.2, 0) is 20.9 Å². The van der Waals surface area contributed by atoms with Gasteiger partial charge in [-0.15, -0.1) is 0 Å². The van der Waals surface area contributed by atoms with E-state index in [9.17, 15) is 9.59 Å². The van der Waals surface area contributed by atoms with Crippen LogP contribution in [-0.4, -0.2) is 43.8 Å². The van der Waals surface area contributed by atoms with E-state index in [0.29, 0.717) is 24.6 Å². The minimum atomic E-state index is -0.572. The zero-order chi connectivity index (χ0) is 23.2. The first-order valence-corrected chi connectivity index (χ1v) is 10.6. The third-order valence-electron chi connectivity index (χ3n) is 5.37. The molecule has 0 spiro atoms. The fourth-order valence-electron chi connectivity index (χ4n) is 3.55. The molecular formula is C26H25NO6. The molecule has 0 fully saturated rings. The lowest BCUT2D eigenvalue weighted by Crippen LogP contribution is -2.33. The molecule has 7 heteroatoms. The number of nitrogens with zero attached hydrogens (tertiary/aromatic N) is 1. The normalized spacial score (nSPS) is 12.2. The Bertz CT molecular complexity index is 1200. The van der Waals surface area contributed by atoms with E-state index >= 15 is 0 Å². The number of amides is 1. The van der Waals surface area contributed by atoms with Crippen LogP contribution in [0.4, 0.5) is 0 Å². The number of esters is 1. The van der Waals surface area contributed by atoms with Gasteiger partial charge in [-0.05, 0) is 65.2 Å². The minimum Gasteiger partial charge on any atom is -0.497 e. The minimum absolute atomic E-state index is 0.201. The third-order valence-corrected chi connectivity index (χ3v) is 5.37. The third kappa shape index (κ3) is 5.44. The monoisotopic (exact) mass is 447 g/mol. The summed E-state index contributed by atoms with van der Waals surface area (Å²) < 4.78 is 21.1. The molecule has 0 aromatic heterocycles. The first kappa shape index (κ1) is 22.2. The van der Waals surface area contributed by atoms with Gasteiger partial charge in [-0.3, -0.25) is 4.79 Å². The van der Waals surface area contributed by atoms with Gasteiger partial charge in [0.15, 0.2) is 18.1 Å². The molecule has 7 nitrogen and oxygen atoms in total. The smallest absolute Gasteiger partial charge is 0.331 e. The van der Waals surface area contributed by atoms with Gasteiger partial charge in [0.1, 0.15) is 5.75 Å². The van der Waals surface area contributed by atoms with Crippen LogP contribution in [0.1, 0.15) is 18.1 Å². The van der Waals surface area contributed by atoms with Crippen molar-refractivity contribution in [3.63, 3.8) is 0 Å². The first-order valence-electron chi connectivity index (χ1n) is 10.6. The quantitative estimate of drug-likeness (QED) is 0.381. The van der Waals surface area contributed by atoms with E-state index in [0.717, 1.165) is 27.6 Å². The zero-order valence-electron chi connectivity index (χ0n) is 18.6. The summed E-state index contributed by atoms with van der Waals surface area (Å²) in [6.07, 6.45) is 2.99. The molecule has 170 valence electrons. The van der Waals surface area contributed by atoms with Crippen LogP contribution in [0.2, 0.25) is 0 Å². The number of hydrogen-bond acceptors (Lipinski definition) is 6. The highest BCUT2D eigenvalue weighted by atomic mass is 16.7. The van der Waals surface area contributed by atoms with Gasteiger partial charge in [0.05, 0.1) is 7.11 Å². The highest BCUT2D eigenvalue weighted by Crippen LogP contribution is 2.32. The highest BCUT2D eigenvalue weighted by Gasteiger charge is 2.17. The Hall–Kier alpha value is -4.00. The Morgan fingerprint density at radius 3 is 2.61 bits per heavy atom. The molecule has 0 aliphatic carbocycles.